The average molecular weight is 388 g/mol. The van der Waals surface area contributed by atoms with Gasteiger partial charge in [-0.1, -0.05) is 36.4 Å². The van der Waals surface area contributed by atoms with Gasteiger partial charge >= 0.3 is 0 Å². The lowest BCUT2D eigenvalue weighted by molar-refractivity contribution is -0.133. The standard InChI is InChI=1S/C20H24N2O6/c23-19(15-25-11-13-27-17-7-3-1-4-8-17)21-22-20(24)16-26-12-14-28-18-9-5-2-6-10-18/h1-10H,11-16H2,(H,21,23)(H,22,24). The molecule has 0 aliphatic rings. The summed E-state index contributed by atoms with van der Waals surface area (Å²) in [5.74, 6) is 0.523. The highest BCUT2D eigenvalue weighted by Gasteiger charge is 2.05. The second kappa shape index (κ2) is 13.1. The van der Waals surface area contributed by atoms with Gasteiger partial charge in [-0.15, -0.1) is 0 Å². The maximum Gasteiger partial charge on any atom is 0.264 e. The number of hydrazine groups is 1. The Bertz CT molecular complexity index is 635. The van der Waals surface area contributed by atoms with Gasteiger partial charge in [0.15, 0.2) is 0 Å². The van der Waals surface area contributed by atoms with Crippen LogP contribution < -0.4 is 20.3 Å². The molecular weight excluding hydrogens is 364 g/mol. The Hall–Kier alpha value is -3.10. The van der Waals surface area contributed by atoms with Gasteiger partial charge in [0.1, 0.15) is 37.9 Å². The summed E-state index contributed by atoms with van der Waals surface area (Å²) >= 11 is 0. The van der Waals surface area contributed by atoms with Crippen molar-refractivity contribution in [2.24, 2.45) is 0 Å². The third kappa shape index (κ3) is 9.56. The summed E-state index contributed by atoms with van der Waals surface area (Å²) in [6.45, 7) is 0.765. The number of hydrogen-bond acceptors (Lipinski definition) is 6. The Morgan fingerprint density at radius 1 is 0.607 bits per heavy atom. The lowest BCUT2D eigenvalue weighted by atomic mass is 10.3. The Balaban J connectivity index is 1.42. The predicted octanol–water partition coefficient (Wildman–Crippen LogP) is 1.32. The van der Waals surface area contributed by atoms with Gasteiger partial charge in [0.25, 0.3) is 11.8 Å². The smallest absolute Gasteiger partial charge is 0.264 e. The first-order valence-electron chi connectivity index (χ1n) is 8.83. The van der Waals surface area contributed by atoms with Crippen LogP contribution in [0.2, 0.25) is 0 Å². The van der Waals surface area contributed by atoms with Crippen molar-refractivity contribution in [1.82, 2.24) is 10.9 Å². The van der Waals surface area contributed by atoms with E-state index in [9.17, 15) is 9.59 Å². The van der Waals surface area contributed by atoms with Gasteiger partial charge in [0, 0.05) is 0 Å². The van der Waals surface area contributed by atoms with Crippen LogP contribution in [-0.4, -0.2) is 51.5 Å². The minimum atomic E-state index is -0.472. The van der Waals surface area contributed by atoms with E-state index in [-0.39, 0.29) is 26.4 Å². The van der Waals surface area contributed by atoms with Gasteiger partial charge < -0.3 is 18.9 Å². The van der Waals surface area contributed by atoms with E-state index in [4.69, 9.17) is 18.9 Å². The Morgan fingerprint density at radius 3 is 1.39 bits per heavy atom. The van der Waals surface area contributed by atoms with E-state index in [1.807, 2.05) is 60.7 Å². The Morgan fingerprint density at radius 2 is 1.00 bits per heavy atom. The lowest BCUT2D eigenvalue weighted by Gasteiger charge is -2.09. The van der Waals surface area contributed by atoms with Gasteiger partial charge in [0.2, 0.25) is 0 Å². The van der Waals surface area contributed by atoms with E-state index in [1.165, 1.54) is 0 Å². The molecule has 8 heteroatoms. The van der Waals surface area contributed by atoms with E-state index in [1.54, 1.807) is 0 Å². The quantitative estimate of drug-likeness (QED) is 0.421. The molecule has 0 unspecified atom stereocenters. The number of rotatable bonds is 12. The fraction of sp³-hybridized carbons (Fsp3) is 0.300. The molecule has 0 bridgehead atoms. The van der Waals surface area contributed by atoms with Crippen LogP contribution >= 0.6 is 0 Å². The number of hydrogen-bond donors (Lipinski definition) is 2. The number of carbonyl (C=O) groups excluding carboxylic acids is 2. The van der Waals surface area contributed by atoms with E-state index in [0.29, 0.717) is 13.2 Å². The zero-order valence-electron chi connectivity index (χ0n) is 15.5. The molecule has 150 valence electrons. The molecule has 0 spiro atoms. The maximum atomic E-state index is 11.6. The van der Waals surface area contributed by atoms with Gasteiger partial charge in [-0.25, -0.2) is 0 Å². The Labute approximate surface area is 163 Å². The van der Waals surface area contributed by atoms with Crippen LogP contribution in [0.3, 0.4) is 0 Å². The van der Waals surface area contributed by atoms with Gasteiger partial charge in [-0.2, -0.15) is 0 Å². The number of ether oxygens (including phenoxy) is 4. The summed E-state index contributed by atoms with van der Waals surface area (Å²) in [4.78, 5) is 23.1. The highest BCUT2D eigenvalue weighted by Crippen LogP contribution is 2.08. The predicted molar refractivity (Wildman–Crippen MR) is 102 cm³/mol. The van der Waals surface area contributed by atoms with Crippen LogP contribution in [0.1, 0.15) is 0 Å². The Kier molecular flexibility index (Phi) is 9.94. The van der Waals surface area contributed by atoms with Crippen LogP contribution in [0.25, 0.3) is 0 Å². The molecule has 0 aliphatic carbocycles. The molecule has 2 N–H and O–H groups in total. The molecule has 0 heterocycles. The SMILES string of the molecule is O=C(COCCOc1ccccc1)NNC(=O)COCCOc1ccccc1. The van der Waals surface area contributed by atoms with Crippen LogP contribution in [0.15, 0.2) is 60.7 Å². The number of nitrogens with one attached hydrogen (secondary N) is 2. The largest absolute Gasteiger partial charge is 0.491 e. The zero-order chi connectivity index (χ0) is 19.9. The molecule has 0 aromatic heterocycles. The van der Waals surface area contributed by atoms with Gasteiger partial charge in [0.05, 0.1) is 13.2 Å². The molecule has 2 aromatic rings. The molecule has 2 rings (SSSR count). The monoisotopic (exact) mass is 388 g/mol. The molecule has 8 nitrogen and oxygen atoms in total. The summed E-state index contributed by atoms with van der Waals surface area (Å²) in [7, 11) is 0. The third-order valence-corrected chi connectivity index (χ3v) is 3.29. The summed E-state index contributed by atoms with van der Waals surface area (Å²) in [5, 5.41) is 0. The fourth-order valence-corrected chi connectivity index (χ4v) is 2.01. The molecule has 0 aliphatic heterocycles. The van der Waals surface area contributed by atoms with Crippen LogP contribution in [-0.2, 0) is 19.1 Å². The topological polar surface area (TPSA) is 95.1 Å². The van der Waals surface area contributed by atoms with Gasteiger partial charge in [-0.05, 0) is 24.3 Å². The van der Waals surface area contributed by atoms with E-state index in [0.717, 1.165) is 11.5 Å². The van der Waals surface area contributed by atoms with E-state index >= 15 is 0 Å². The van der Waals surface area contributed by atoms with Crippen molar-refractivity contribution in [3.63, 3.8) is 0 Å². The van der Waals surface area contributed by atoms with Crippen molar-refractivity contribution in [1.29, 1.82) is 0 Å². The third-order valence-electron chi connectivity index (χ3n) is 3.29. The minimum absolute atomic E-state index is 0.190. The first-order chi connectivity index (χ1) is 13.7. The molecule has 0 saturated carbocycles. The normalized spacial score (nSPS) is 10.1. The summed E-state index contributed by atoms with van der Waals surface area (Å²) in [6.07, 6.45) is 0. The van der Waals surface area contributed by atoms with Crippen LogP contribution in [0.4, 0.5) is 0 Å². The van der Waals surface area contributed by atoms with Gasteiger partial charge in [-0.3, -0.25) is 20.4 Å². The molecule has 0 fully saturated rings. The molecular formula is C20H24N2O6. The average Bonchev–Trinajstić information content (AvgIpc) is 2.73. The highest BCUT2D eigenvalue weighted by atomic mass is 16.5. The zero-order valence-corrected chi connectivity index (χ0v) is 15.5. The summed E-state index contributed by atoms with van der Waals surface area (Å²) in [5.41, 5.74) is 4.48. The second-order valence-corrected chi connectivity index (χ2v) is 5.52. The lowest BCUT2D eigenvalue weighted by Crippen LogP contribution is -2.45. The van der Waals surface area contributed by atoms with Crippen molar-refractivity contribution in [2.45, 2.75) is 0 Å². The van der Waals surface area contributed by atoms with Crippen LogP contribution in [0, 0.1) is 0 Å². The molecule has 0 atom stereocenters. The maximum absolute atomic E-state index is 11.6. The van der Waals surface area contributed by atoms with Crippen molar-refractivity contribution in [2.75, 3.05) is 39.6 Å². The summed E-state index contributed by atoms with van der Waals surface area (Å²) < 4.78 is 21.2. The fourth-order valence-electron chi connectivity index (χ4n) is 2.01. The van der Waals surface area contributed by atoms with Crippen molar-refractivity contribution in [3.8, 4) is 11.5 Å². The molecule has 0 saturated heterocycles. The number of benzene rings is 2. The van der Waals surface area contributed by atoms with Crippen LogP contribution in [0.5, 0.6) is 11.5 Å². The molecule has 2 aromatic carbocycles. The minimum Gasteiger partial charge on any atom is -0.491 e. The molecule has 0 radical (unpaired) electrons. The summed E-state index contributed by atoms with van der Waals surface area (Å²) in [6, 6.07) is 18.6. The number of para-hydroxylation sites is 2. The second-order valence-electron chi connectivity index (χ2n) is 5.52. The van der Waals surface area contributed by atoms with E-state index in [2.05, 4.69) is 10.9 Å². The first kappa shape index (κ1) is 21.2. The first-order valence-corrected chi connectivity index (χ1v) is 8.83. The number of carbonyl (C=O) groups is 2. The highest BCUT2D eigenvalue weighted by molar-refractivity contribution is 5.83. The number of amides is 2. The molecule has 2 amide bonds. The van der Waals surface area contributed by atoms with E-state index < -0.39 is 11.8 Å². The molecule has 28 heavy (non-hydrogen) atoms. The van der Waals surface area contributed by atoms with Crippen molar-refractivity contribution >= 4 is 11.8 Å². The van der Waals surface area contributed by atoms with Crippen molar-refractivity contribution < 1.29 is 28.5 Å². The van der Waals surface area contributed by atoms with Crippen molar-refractivity contribution in [3.05, 3.63) is 60.7 Å².